The Kier molecular flexibility index (Phi) is 6.39. The average Bonchev–Trinajstić information content (AvgIpc) is 3.65. The lowest BCUT2D eigenvalue weighted by atomic mass is 10.1. The van der Waals surface area contributed by atoms with E-state index in [4.69, 9.17) is 5.10 Å². The fourth-order valence-electron chi connectivity index (χ4n) is 4.79. The van der Waals surface area contributed by atoms with Gasteiger partial charge in [0.2, 0.25) is 11.9 Å². The standard InChI is InChI=1S/C28H23F2N7O2/c29-20-5-3-18(4-6-20)27-28(36(17-32-27)13-12-35-11-1-2-26(35)39)22-7-8-25-33-21(16-37(25)34-22)15-23(38)19-9-10-31-24(30)14-19/h3-10,14,16-17H,1-2,11-13,15H2. The molecule has 0 saturated carbocycles. The van der Waals surface area contributed by atoms with Crippen LogP contribution in [0.3, 0.4) is 0 Å². The molecule has 1 aliphatic rings. The maximum Gasteiger partial charge on any atom is 0.222 e. The van der Waals surface area contributed by atoms with Crippen LogP contribution in [0.2, 0.25) is 0 Å². The highest BCUT2D eigenvalue weighted by molar-refractivity contribution is 5.97. The van der Waals surface area contributed by atoms with Gasteiger partial charge in [0.15, 0.2) is 11.4 Å². The van der Waals surface area contributed by atoms with Crippen molar-refractivity contribution in [2.75, 3.05) is 13.1 Å². The van der Waals surface area contributed by atoms with E-state index in [9.17, 15) is 18.4 Å². The van der Waals surface area contributed by atoms with Crippen molar-refractivity contribution >= 4 is 17.3 Å². The maximum atomic E-state index is 13.6. The molecule has 4 aromatic heterocycles. The summed E-state index contributed by atoms with van der Waals surface area (Å²) < 4.78 is 30.6. The van der Waals surface area contributed by atoms with E-state index in [1.165, 1.54) is 24.4 Å². The molecule has 1 saturated heterocycles. The van der Waals surface area contributed by atoms with Gasteiger partial charge in [-0.05, 0) is 48.9 Å². The first-order valence-electron chi connectivity index (χ1n) is 12.5. The molecule has 1 amide bonds. The summed E-state index contributed by atoms with van der Waals surface area (Å²) in [5.41, 5.74) is 3.92. The number of carbonyl (C=O) groups is 2. The first-order chi connectivity index (χ1) is 18.9. The third kappa shape index (κ3) is 5.02. The van der Waals surface area contributed by atoms with Crippen molar-refractivity contribution in [3.05, 3.63) is 90.3 Å². The van der Waals surface area contributed by atoms with Gasteiger partial charge >= 0.3 is 0 Å². The predicted molar refractivity (Wildman–Crippen MR) is 138 cm³/mol. The van der Waals surface area contributed by atoms with Crippen molar-refractivity contribution in [1.29, 1.82) is 0 Å². The number of hydrogen-bond donors (Lipinski definition) is 0. The second-order valence-electron chi connectivity index (χ2n) is 9.35. The smallest absolute Gasteiger partial charge is 0.222 e. The molecule has 0 bridgehead atoms. The minimum absolute atomic E-state index is 0.0230. The van der Waals surface area contributed by atoms with Crippen molar-refractivity contribution < 1.29 is 18.4 Å². The first-order valence-corrected chi connectivity index (χ1v) is 12.5. The Morgan fingerprint density at radius 1 is 1.00 bits per heavy atom. The Labute approximate surface area is 221 Å². The topological polar surface area (TPSA) is 98.3 Å². The zero-order valence-electron chi connectivity index (χ0n) is 20.8. The first kappa shape index (κ1) is 24.5. The molecule has 5 heterocycles. The van der Waals surface area contributed by atoms with Crippen molar-refractivity contribution in [2.24, 2.45) is 0 Å². The van der Waals surface area contributed by atoms with E-state index in [0.29, 0.717) is 47.9 Å². The van der Waals surface area contributed by atoms with Gasteiger partial charge in [-0.3, -0.25) is 9.59 Å². The van der Waals surface area contributed by atoms with Gasteiger partial charge < -0.3 is 9.47 Å². The number of fused-ring (bicyclic) bond motifs is 1. The highest BCUT2D eigenvalue weighted by Crippen LogP contribution is 2.31. The van der Waals surface area contributed by atoms with E-state index in [2.05, 4.69) is 15.0 Å². The zero-order valence-corrected chi connectivity index (χ0v) is 20.8. The van der Waals surface area contributed by atoms with Crippen LogP contribution in [0.1, 0.15) is 28.9 Å². The molecule has 39 heavy (non-hydrogen) atoms. The van der Waals surface area contributed by atoms with Gasteiger partial charge in [-0.25, -0.2) is 23.9 Å². The minimum atomic E-state index is -0.718. The van der Waals surface area contributed by atoms with Gasteiger partial charge in [-0.15, -0.1) is 0 Å². The molecule has 0 radical (unpaired) electrons. The second kappa shape index (κ2) is 10.2. The summed E-state index contributed by atoms with van der Waals surface area (Å²) in [6, 6.07) is 12.3. The highest BCUT2D eigenvalue weighted by Gasteiger charge is 2.22. The summed E-state index contributed by atoms with van der Waals surface area (Å²) in [6.07, 6.45) is 6.02. The fourth-order valence-corrected chi connectivity index (χ4v) is 4.79. The summed E-state index contributed by atoms with van der Waals surface area (Å²) in [7, 11) is 0. The molecule has 9 nitrogen and oxygen atoms in total. The molecule has 196 valence electrons. The Bertz CT molecular complexity index is 1690. The summed E-state index contributed by atoms with van der Waals surface area (Å²) in [6.45, 7) is 1.79. The number of Topliss-reactive ketones (excluding diaryl/α,β-unsaturated/α-hetero) is 1. The second-order valence-corrected chi connectivity index (χ2v) is 9.35. The largest absolute Gasteiger partial charge is 0.341 e. The lowest BCUT2D eigenvalue weighted by Crippen LogP contribution is -2.28. The van der Waals surface area contributed by atoms with Crippen LogP contribution < -0.4 is 0 Å². The maximum absolute atomic E-state index is 13.6. The number of pyridine rings is 1. The Hall–Kier alpha value is -4.80. The van der Waals surface area contributed by atoms with Gasteiger partial charge in [0.05, 0.1) is 36.0 Å². The van der Waals surface area contributed by atoms with E-state index in [1.54, 1.807) is 35.2 Å². The molecule has 0 unspecified atom stereocenters. The van der Waals surface area contributed by atoms with Crippen molar-refractivity contribution in [1.82, 2.24) is 34.0 Å². The molecule has 0 spiro atoms. The van der Waals surface area contributed by atoms with Gasteiger partial charge in [-0.2, -0.15) is 9.49 Å². The molecule has 5 aromatic rings. The number of rotatable bonds is 8. The number of carbonyl (C=O) groups excluding carboxylic acids is 2. The number of benzene rings is 1. The van der Waals surface area contributed by atoms with Gasteiger partial charge in [0.1, 0.15) is 11.5 Å². The Morgan fingerprint density at radius 2 is 1.85 bits per heavy atom. The summed E-state index contributed by atoms with van der Waals surface area (Å²) in [5.74, 6) is -1.20. The number of imidazole rings is 2. The quantitative estimate of drug-likeness (QED) is 0.224. The molecule has 1 aliphatic heterocycles. The molecule has 11 heteroatoms. The number of nitrogens with zero attached hydrogens (tertiary/aromatic N) is 7. The van der Waals surface area contributed by atoms with E-state index >= 15 is 0 Å². The monoisotopic (exact) mass is 527 g/mol. The van der Waals surface area contributed by atoms with Gasteiger partial charge in [0, 0.05) is 49.4 Å². The normalized spacial score (nSPS) is 13.5. The molecule has 1 aromatic carbocycles. The van der Waals surface area contributed by atoms with Crippen molar-refractivity contribution in [3.8, 4) is 22.6 Å². The number of halogens is 2. The lowest BCUT2D eigenvalue weighted by Gasteiger charge is -2.17. The highest BCUT2D eigenvalue weighted by atomic mass is 19.1. The summed E-state index contributed by atoms with van der Waals surface area (Å²) in [4.78, 5) is 39.2. The zero-order chi connectivity index (χ0) is 26.9. The number of hydrogen-bond acceptors (Lipinski definition) is 6. The van der Waals surface area contributed by atoms with Crippen LogP contribution in [-0.2, 0) is 17.8 Å². The molecule has 0 N–H and O–H groups in total. The summed E-state index contributed by atoms with van der Waals surface area (Å²) in [5, 5.41) is 4.75. The van der Waals surface area contributed by atoms with Crippen LogP contribution in [0.4, 0.5) is 8.78 Å². The van der Waals surface area contributed by atoms with Gasteiger partial charge in [0.25, 0.3) is 0 Å². The fraction of sp³-hybridized carbons (Fsp3) is 0.214. The summed E-state index contributed by atoms with van der Waals surface area (Å²) >= 11 is 0. The molecule has 6 rings (SSSR count). The Morgan fingerprint density at radius 3 is 2.62 bits per heavy atom. The third-order valence-electron chi connectivity index (χ3n) is 6.74. The third-order valence-corrected chi connectivity index (χ3v) is 6.74. The molecular weight excluding hydrogens is 504 g/mol. The van der Waals surface area contributed by atoms with E-state index < -0.39 is 5.95 Å². The number of likely N-dealkylation sites (tertiary alicyclic amines) is 1. The number of ketones is 1. The number of aromatic nitrogens is 6. The van der Waals surface area contributed by atoms with Crippen LogP contribution in [0.15, 0.2) is 67.3 Å². The molecular formula is C28H23F2N7O2. The lowest BCUT2D eigenvalue weighted by molar-refractivity contribution is -0.127. The molecule has 0 aliphatic carbocycles. The van der Waals surface area contributed by atoms with Crippen molar-refractivity contribution in [3.63, 3.8) is 0 Å². The van der Waals surface area contributed by atoms with E-state index in [0.717, 1.165) is 24.6 Å². The van der Waals surface area contributed by atoms with Crippen LogP contribution in [-0.4, -0.2) is 58.8 Å². The van der Waals surface area contributed by atoms with Crippen LogP contribution >= 0.6 is 0 Å². The van der Waals surface area contributed by atoms with Crippen LogP contribution in [0.25, 0.3) is 28.3 Å². The van der Waals surface area contributed by atoms with Gasteiger partial charge in [-0.1, -0.05) is 0 Å². The Balaban J connectivity index is 1.34. The molecule has 1 fully saturated rings. The number of amides is 1. The minimum Gasteiger partial charge on any atom is -0.341 e. The van der Waals surface area contributed by atoms with E-state index in [1.807, 2.05) is 15.5 Å². The molecule has 0 atom stereocenters. The predicted octanol–water partition coefficient (Wildman–Crippen LogP) is 3.98. The van der Waals surface area contributed by atoms with Crippen LogP contribution in [0, 0.1) is 11.8 Å². The average molecular weight is 528 g/mol. The van der Waals surface area contributed by atoms with Crippen LogP contribution in [0.5, 0.6) is 0 Å². The van der Waals surface area contributed by atoms with Crippen molar-refractivity contribution in [2.45, 2.75) is 25.8 Å². The SMILES string of the molecule is O=C(Cc1cn2nc(-c3c(-c4ccc(F)cc4)ncn3CCN3CCCC3=O)ccc2n1)c1ccnc(F)c1. The van der Waals surface area contributed by atoms with E-state index in [-0.39, 0.29) is 29.5 Å².